The summed E-state index contributed by atoms with van der Waals surface area (Å²) in [5, 5.41) is 5.95. The van der Waals surface area contributed by atoms with Crippen LogP contribution in [0.15, 0.2) is 76.7 Å². The molecule has 0 N–H and O–H groups in total. The fourth-order valence-corrected chi connectivity index (χ4v) is 6.66. The van der Waals surface area contributed by atoms with Crippen molar-refractivity contribution in [2.75, 3.05) is 18.1 Å². The van der Waals surface area contributed by atoms with E-state index in [1.54, 1.807) is 12.1 Å². The number of fused-ring (bicyclic) bond motifs is 1. The summed E-state index contributed by atoms with van der Waals surface area (Å²) in [7, 11) is -3.61. The van der Waals surface area contributed by atoms with Gasteiger partial charge in [0.1, 0.15) is 5.82 Å². The van der Waals surface area contributed by atoms with Crippen molar-refractivity contribution >= 4 is 48.8 Å². The maximum Gasteiger partial charge on any atom is 0.280 e. The van der Waals surface area contributed by atoms with Gasteiger partial charge in [0.15, 0.2) is 0 Å². The Morgan fingerprint density at radius 2 is 1.73 bits per heavy atom. The minimum absolute atomic E-state index is 0.155. The first kappa shape index (κ1) is 25.2. The number of benzene rings is 3. The van der Waals surface area contributed by atoms with Gasteiger partial charge in [-0.25, -0.2) is 17.8 Å². The number of carbonyl (C=O) groups excluding carboxylic acids is 1. The lowest BCUT2D eigenvalue weighted by Crippen LogP contribution is -2.35. The fraction of sp³-hybridized carbons (Fsp3) is 0.222. The molecule has 4 aromatic rings. The van der Waals surface area contributed by atoms with Crippen LogP contribution in [-0.2, 0) is 10.0 Å². The average Bonchev–Trinajstić information content (AvgIpc) is 3.33. The number of halogens is 1. The van der Waals surface area contributed by atoms with E-state index in [1.807, 2.05) is 25.1 Å². The predicted octanol–water partition coefficient (Wildman–Crippen LogP) is 5.60. The molecule has 10 heteroatoms. The summed E-state index contributed by atoms with van der Waals surface area (Å²) in [5.74, 6) is -0.831. The molecule has 1 aliphatic heterocycles. The molecule has 1 aromatic heterocycles. The Morgan fingerprint density at radius 1 is 1.03 bits per heavy atom. The molecule has 2 heterocycles. The number of rotatable bonds is 6. The predicted molar refractivity (Wildman–Crippen MR) is 144 cm³/mol. The highest BCUT2D eigenvalue weighted by atomic mass is 32.2. The molecule has 0 spiro atoms. The lowest BCUT2D eigenvalue weighted by molar-refractivity contribution is 0.0987. The van der Waals surface area contributed by atoms with Crippen molar-refractivity contribution in [2.45, 2.75) is 31.1 Å². The van der Waals surface area contributed by atoms with E-state index in [0.29, 0.717) is 23.8 Å². The molecule has 0 bridgehead atoms. The zero-order valence-corrected chi connectivity index (χ0v) is 21.8. The largest absolute Gasteiger partial charge is 0.280 e. The summed E-state index contributed by atoms with van der Waals surface area (Å²) in [6.07, 6.45) is 4.18. The molecular formula is C27H25FN4O3S2. The molecule has 0 saturated carbocycles. The third-order valence-electron chi connectivity index (χ3n) is 6.15. The standard InChI is InChI=1S/C27H25FN4O3S2/c1-19-5-14-24-25(17-19)36-27(30-24)32(29-18-20-6-10-22(28)11-7-20)26(33)21-8-12-23(13-9-21)37(34,35)31-15-3-2-4-16-31/h5-14,17-18H,2-4,15-16H2,1H3/b29-18+. The van der Waals surface area contributed by atoms with Gasteiger partial charge in [-0.15, -0.1) is 0 Å². The minimum Gasteiger partial charge on any atom is -0.267 e. The number of amides is 1. The van der Waals surface area contributed by atoms with Gasteiger partial charge in [0.05, 0.1) is 21.3 Å². The quantitative estimate of drug-likeness (QED) is 0.237. The molecule has 0 unspecified atom stereocenters. The van der Waals surface area contributed by atoms with E-state index in [2.05, 4.69) is 10.1 Å². The zero-order valence-electron chi connectivity index (χ0n) is 20.2. The molecule has 1 fully saturated rings. The van der Waals surface area contributed by atoms with Crippen molar-refractivity contribution in [3.05, 3.63) is 89.2 Å². The number of hydrazone groups is 1. The first-order valence-electron chi connectivity index (χ1n) is 11.9. The molecule has 0 radical (unpaired) electrons. The number of carbonyl (C=O) groups is 1. The van der Waals surface area contributed by atoms with Crippen LogP contribution in [0, 0.1) is 12.7 Å². The summed E-state index contributed by atoms with van der Waals surface area (Å²) in [4.78, 5) is 18.3. The second-order valence-corrected chi connectivity index (χ2v) is 11.8. The number of thiazole rings is 1. The molecular weight excluding hydrogens is 511 g/mol. The maximum atomic E-state index is 13.6. The van der Waals surface area contributed by atoms with Gasteiger partial charge < -0.3 is 0 Å². The highest BCUT2D eigenvalue weighted by molar-refractivity contribution is 7.89. The van der Waals surface area contributed by atoms with Crippen LogP contribution in [0.25, 0.3) is 10.2 Å². The Balaban J connectivity index is 1.47. The molecule has 1 amide bonds. The van der Waals surface area contributed by atoms with Crippen molar-refractivity contribution < 1.29 is 17.6 Å². The highest BCUT2D eigenvalue weighted by Gasteiger charge is 2.27. The molecule has 7 nitrogen and oxygen atoms in total. The van der Waals surface area contributed by atoms with Crippen LogP contribution in [0.1, 0.15) is 40.7 Å². The van der Waals surface area contributed by atoms with E-state index in [4.69, 9.17) is 0 Å². The first-order valence-corrected chi connectivity index (χ1v) is 14.2. The van der Waals surface area contributed by atoms with Gasteiger partial charge in [-0.3, -0.25) is 4.79 Å². The monoisotopic (exact) mass is 536 g/mol. The summed E-state index contributed by atoms with van der Waals surface area (Å²) in [5.41, 5.74) is 2.69. The second kappa shape index (κ2) is 10.5. The van der Waals surface area contributed by atoms with Crippen LogP contribution in [-0.4, -0.2) is 42.9 Å². The Kier molecular flexibility index (Phi) is 7.14. The van der Waals surface area contributed by atoms with Crippen molar-refractivity contribution in [1.29, 1.82) is 0 Å². The SMILES string of the molecule is Cc1ccc2nc(N(/N=C/c3ccc(F)cc3)C(=O)c3ccc(S(=O)(=O)N4CCCCC4)cc3)sc2c1. The van der Waals surface area contributed by atoms with Crippen LogP contribution in [0.3, 0.4) is 0 Å². The lowest BCUT2D eigenvalue weighted by atomic mass is 10.2. The first-order chi connectivity index (χ1) is 17.8. The van der Waals surface area contributed by atoms with Crippen LogP contribution >= 0.6 is 11.3 Å². The van der Waals surface area contributed by atoms with E-state index in [-0.39, 0.29) is 16.3 Å². The normalized spacial score (nSPS) is 14.9. The topological polar surface area (TPSA) is 82.9 Å². The Bertz CT molecular complexity index is 1560. The van der Waals surface area contributed by atoms with E-state index in [1.165, 1.54) is 63.3 Å². The van der Waals surface area contributed by atoms with E-state index < -0.39 is 15.9 Å². The minimum atomic E-state index is -3.61. The maximum absolute atomic E-state index is 13.6. The zero-order chi connectivity index (χ0) is 26.0. The number of hydrogen-bond donors (Lipinski definition) is 0. The van der Waals surface area contributed by atoms with Crippen molar-refractivity contribution in [3.63, 3.8) is 0 Å². The molecule has 0 aliphatic carbocycles. The van der Waals surface area contributed by atoms with Gasteiger partial charge >= 0.3 is 0 Å². The van der Waals surface area contributed by atoms with E-state index >= 15 is 0 Å². The van der Waals surface area contributed by atoms with Crippen LogP contribution in [0.2, 0.25) is 0 Å². The summed E-state index contributed by atoms with van der Waals surface area (Å²) in [6, 6.07) is 17.5. The summed E-state index contributed by atoms with van der Waals surface area (Å²) >= 11 is 1.32. The molecule has 190 valence electrons. The van der Waals surface area contributed by atoms with Crippen LogP contribution < -0.4 is 5.01 Å². The fourth-order valence-electron chi connectivity index (χ4n) is 4.12. The number of anilines is 1. The summed E-state index contributed by atoms with van der Waals surface area (Å²) < 4.78 is 41.7. The summed E-state index contributed by atoms with van der Waals surface area (Å²) in [6.45, 7) is 2.99. The molecule has 1 saturated heterocycles. The van der Waals surface area contributed by atoms with Crippen molar-refractivity contribution in [3.8, 4) is 0 Å². The van der Waals surface area contributed by atoms with Gasteiger partial charge in [-0.2, -0.15) is 14.4 Å². The molecule has 0 atom stereocenters. The molecule has 3 aromatic carbocycles. The number of aromatic nitrogens is 1. The van der Waals surface area contributed by atoms with Gasteiger partial charge in [0.25, 0.3) is 5.91 Å². The Morgan fingerprint density at radius 3 is 2.43 bits per heavy atom. The van der Waals surface area contributed by atoms with Gasteiger partial charge in [-0.05, 0) is 79.4 Å². The molecule has 37 heavy (non-hydrogen) atoms. The van der Waals surface area contributed by atoms with Gasteiger partial charge in [0.2, 0.25) is 15.2 Å². The third-order valence-corrected chi connectivity index (χ3v) is 9.06. The van der Waals surface area contributed by atoms with E-state index in [9.17, 15) is 17.6 Å². The number of hydrogen-bond acceptors (Lipinski definition) is 6. The van der Waals surface area contributed by atoms with Crippen LogP contribution in [0.4, 0.5) is 9.52 Å². The van der Waals surface area contributed by atoms with Crippen molar-refractivity contribution in [1.82, 2.24) is 9.29 Å². The van der Waals surface area contributed by atoms with Crippen molar-refractivity contribution in [2.24, 2.45) is 5.10 Å². The Labute approximate surface area is 218 Å². The number of piperidine rings is 1. The molecule has 5 rings (SSSR count). The smallest absolute Gasteiger partial charge is 0.267 e. The third kappa shape index (κ3) is 5.46. The Hall–Kier alpha value is -3.47. The van der Waals surface area contributed by atoms with Crippen LogP contribution in [0.5, 0.6) is 0 Å². The second-order valence-electron chi connectivity index (χ2n) is 8.87. The average molecular weight is 537 g/mol. The lowest BCUT2D eigenvalue weighted by Gasteiger charge is -2.25. The highest BCUT2D eigenvalue weighted by Crippen LogP contribution is 2.31. The van der Waals surface area contributed by atoms with Gasteiger partial charge in [-0.1, -0.05) is 36.0 Å². The number of sulfonamides is 1. The number of nitrogens with zero attached hydrogens (tertiary/aromatic N) is 4. The van der Waals surface area contributed by atoms with Gasteiger partial charge in [0, 0.05) is 18.7 Å². The number of aryl methyl sites for hydroxylation is 1. The van der Waals surface area contributed by atoms with E-state index in [0.717, 1.165) is 35.0 Å². The molecule has 1 aliphatic rings.